The van der Waals surface area contributed by atoms with Crippen molar-refractivity contribution in [3.8, 4) is 0 Å². The third-order valence-electron chi connectivity index (χ3n) is 2.28. The van der Waals surface area contributed by atoms with Crippen molar-refractivity contribution in [1.29, 1.82) is 0 Å². The first-order valence-corrected chi connectivity index (χ1v) is 5.79. The van der Waals surface area contributed by atoms with Gasteiger partial charge >= 0.3 is 5.97 Å². The number of carbonyl (C=O) groups is 2. The van der Waals surface area contributed by atoms with E-state index in [0.29, 0.717) is 10.0 Å². The molecule has 0 fully saturated rings. The van der Waals surface area contributed by atoms with E-state index in [1.807, 2.05) is 0 Å². The molecule has 0 aromatic heterocycles. The summed E-state index contributed by atoms with van der Waals surface area (Å²) >= 11 is 3.13. The number of ketones is 1. The van der Waals surface area contributed by atoms with Gasteiger partial charge in [0.25, 0.3) is 5.69 Å². The van der Waals surface area contributed by atoms with Gasteiger partial charge in [-0.25, -0.2) is 4.79 Å². The normalized spacial score (nSPS) is 9.89. The van der Waals surface area contributed by atoms with Crippen molar-refractivity contribution in [3.63, 3.8) is 0 Å². The third-order valence-corrected chi connectivity index (χ3v) is 2.77. The molecule has 0 aliphatic heterocycles. The van der Waals surface area contributed by atoms with Crippen LogP contribution in [0.1, 0.15) is 12.0 Å². The lowest BCUT2D eigenvalue weighted by Crippen LogP contribution is -2.16. The third kappa shape index (κ3) is 3.63. The number of nitrogens with zero attached hydrogens (tertiary/aromatic N) is 1. The van der Waals surface area contributed by atoms with E-state index in [4.69, 9.17) is 0 Å². The van der Waals surface area contributed by atoms with E-state index < -0.39 is 16.7 Å². The molecule has 0 saturated carbocycles. The lowest BCUT2D eigenvalue weighted by Gasteiger charge is -2.02. The predicted octanol–water partition coefficient (Wildman–Crippen LogP) is 2.03. The SMILES string of the molecule is COC(=O)C(=O)CCc1ccc(Br)cc1[N+](=O)[O-]. The molecule has 0 atom stereocenters. The van der Waals surface area contributed by atoms with Crippen LogP contribution in [-0.4, -0.2) is 23.8 Å². The number of methoxy groups -OCH3 is 1. The average molecular weight is 316 g/mol. The Morgan fingerprint density at radius 3 is 2.67 bits per heavy atom. The number of hydrogen-bond acceptors (Lipinski definition) is 5. The van der Waals surface area contributed by atoms with Crippen molar-refractivity contribution in [2.45, 2.75) is 12.8 Å². The fourth-order valence-corrected chi connectivity index (χ4v) is 1.73. The van der Waals surface area contributed by atoms with Gasteiger partial charge in [-0.15, -0.1) is 0 Å². The highest BCUT2D eigenvalue weighted by atomic mass is 79.9. The maximum Gasteiger partial charge on any atom is 0.374 e. The molecule has 1 aromatic carbocycles. The van der Waals surface area contributed by atoms with Crippen molar-refractivity contribution < 1.29 is 19.2 Å². The zero-order chi connectivity index (χ0) is 13.7. The Labute approximate surface area is 111 Å². The summed E-state index contributed by atoms with van der Waals surface area (Å²) in [7, 11) is 1.11. The van der Waals surface area contributed by atoms with Crippen LogP contribution in [0.5, 0.6) is 0 Å². The second kappa shape index (κ2) is 6.25. The van der Waals surface area contributed by atoms with Crippen molar-refractivity contribution in [1.82, 2.24) is 0 Å². The Kier molecular flexibility index (Phi) is 4.96. The van der Waals surface area contributed by atoms with Gasteiger partial charge in [-0.05, 0) is 12.5 Å². The number of nitro groups is 1. The number of carbonyl (C=O) groups excluding carboxylic acids is 2. The van der Waals surface area contributed by atoms with Gasteiger partial charge in [-0.1, -0.05) is 22.0 Å². The molecule has 96 valence electrons. The van der Waals surface area contributed by atoms with Crippen molar-refractivity contribution in [3.05, 3.63) is 38.3 Å². The summed E-state index contributed by atoms with van der Waals surface area (Å²) in [6.45, 7) is 0. The molecule has 18 heavy (non-hydrogen) atoms. The number of rotatable bonds is 5. The molecule has 0 bridgehead atoms. The molecule has 0 saturated heterocycles. The lowest BCUT2D eigenvalue weighted by molar-refractivity contribution is -0.385. The molecule has 6 nitrogen and oxygen atoms in total. The van der Waals surface area contributed by atoms with Gasteiger partial charge in [-0.3, -0.25) is 14.9 Å². The van der Waals surface area contributed by atoms with Crippen LogP contribution in [-0.2, 0) is 20.7 Å². The van der Waals surface area contributed by atoms with Crippen LogP contribution in [0.15, 0.2) is 22.7 Å². The minimum atomic E-state index is -0.935. The highest BCUT2D eigenvalue weighted by molar-refractivity contribution is 9.10. The van der Waals surface area contributed by atoms with Gasteiger partial charge in [-0.2, -0.15) is 0 Å². The second-order valence-electron chi connectivity index (χ2n) is 3.44. The average Bonchev–Trinajstić information content (AvgIpc) is 2.35. The van der Waals surface area contributed by atoms with Crippen molar-refractivity contribution in [2.75, 3.05) is 7.11 Å². The summed E-state index contributed by atoms with van der Waals surface area (Å²) in [4.78, 5) is 32.4. The van der Waals surface area contributed by atoms with Crippen molar-refractivity contribution in [2.24, 2.45) is 0 Å². The smallest absolute Gasteiger partial charge is 0.374 e. The molecule has 0 aliphatic carbocycles. The van der Waals surface area contributed by atoms with Crippen LogP contribution in [0, 0.1) is 10.1 Å². The fourth-order valence-electron chi connectivity index (χ4n) is 1.38. The van der Waals surface area contributed by atoms with Gasteiger partial charge in [0, 0.05) is 22.5 Å². The Balaban J connectivity index is 2.82. The van der Waals surface area contributed by atoms with Gasteiger partial charge in [0.2, 0.25) is 5.78 Å². The van der Waals surface area contributed by atoms with E-state index in [-0.39, 0.29) is 18.5 Å². The molecular formula is C11H10BrNO5. The number of esters is 1. The minimum Gasteiger partial charge on any atom is -0.463 e. The molecule has 7 heteroatoms. The number of halogens is 1. The summed E-state index contributed by atoms with van der Waals surface area (Å²) in [6, 6.07) is 4.55. The monoisotopic (exact) mass is 315 g/mol. The van der Waals surface area contributed by atoms with Crippen LogP contribution >= 0.6 is 15.9 Å². The summed E-state index contributed by atoms with van der Waals surface area (Å²) in [5.41, 5.74) is 0.322. The highest BCUT2D eigenvalue weighted by Crippen LogP contribution is 2.24. The number of hydrogen-bond donors (Lipinski definition) is 0. The number of ether oxygens (including phenoxy) is 1. The van der Waals surface area contributed by atoms with Crippen LogP contribution in [0.4, 0.5) is 5.69 Å². The molecule has 1 rings (SSSR count). The molecule has 0 amide bonds. The first-order valence-electron chi connectivity index (χ1n) is 4.99. The molecule has 0 unspecified atom stereocenters. The predicted molar refractivity (Wildman–Crippen MR) is 66.1 cm³/mol. The van der Waals surface area contributed by atoms with Gasteiger partial charge in [0.1, 0.15) is 0 Å². The second-order valence-corrected chi connectivity index (χ2v) is 4.36. The van der Waals surface area contributed by atoms with Gasteiger partial charge in [0.15, 0.2) is 0 Å². The van der Waals surface area contributed by atoms with E-state index in [1.54, 1.807) is 12.1 Å². The largest absolute Gasteiger partial charge is 0.463 e. The maximum absolute atomic E-state index is 11.2. The standard InChI is InChI=1S/C11H10BrNO5/c1-18-11(15)10(14)5-3-7-2-4-8(12)6-9(7)13(16)17/h2,4,6H,3,5H2,1H3. The molecule has 0 spiro atoms. The quantitative estimate of drug-likeness (QED) is 0.359. The minimum absolute atomic E-state index is 0.0814. The number of Topliss-reactive ketones (excluding diaryl/α,β-unsaturated/α-hetero) is 1. The fraction of sp³-hybridized carbons (Fsp3) is 0.273. The zero-order valence-electron chi connectivity index (χ0n) is 9.51. The van der Waals surface area contributed by atoms with E-state index >= 15 is 0 Å². The maximum atomic E-state index is 11.2. The van der Waals surface area contributed by atoms with Crippen LogP contribution in [0.2, 0.25) is 0 Å². The number of nitro benzene ring substituents is 1. The summed E-state index contributed by atoms with van der Waals surface area (Å²) in [5, 5.41) is 10.8. The topological polar surface area (TPSA) is 86.5 Å². The van der Waals surface area contributed by atoms with Crippen LogP contribution in [0.3, 0.4) is 0 Å². The van der Waals surface area contributed by atoms with Crippen LogP contribution in [0.25, 0.3) is 0 Å². The molecule has 0 N–H and O–H groups in total. The first kappa shape index (κ1) is 14.3. The first-order chi connectivity index (χ1) is 8.45. The Morgan fingerprint density at radius 1 is 1.44 bits per heavy atom. The summed E-state index contributed by atoms with van der Waals surface area (Å²) < 4.78 is 4.85. The van der Waals surface area contributed by atoms with E-state index in [0.717, 1.165) is 7.11 Å². The highest BCUT2D eigenvalue weighted by Gasteiger charge is 2.18. The number of aryl methyl sites for hydroxylation is 1. The lowest BCUT2D eigenvalue weighted by atomic mass is 10.1. The molecule has 1 aromatic rings. The Morgan fingerprint density at radius 2 is 2.11 bits per heavy atom. The Hall–Kier alpha value is -1.76. The molecule has 0 aliphatic rings. The molecular weight excluding hydrogens is 306 g/mol. The summed E-state index contributed by atoms with van der Waals surface area (Å²) in [5.74, 6) is -1.63. The Bertz CT molecular complexity index is 500. The summed E-state index contributed by atoms with van der Waals surface area (Å²) in [6.07, 6.45) is 0.00662. The van der Waals surface area contributed by atoms with E-state index in [9.17, 15) is 19.7 Å². The van der Waals surface area contributed by atoms with Crippen LogP contribution < -0.4 is 0 Å². The van der Waals surface area contributed by atoms with E-state index in [1.165, 1.54) is 6.07 Å². The van der Waals surface area contributed by atoms with Gasteiger partial charge < -0.3 is 4.74 Å². The molecule has 0 radical (unpaired) electrons. The zero-order valence-corrected chi connectivity index (χ0v) is 11.1. The van der Waals surface area contributed by atoms with E-state index in [2.05, 4.69) is 20.7 Å². The van der Waals surface area contributed by atoms with Gasteiger partial charge in [0.05, 0.1) is 12.0 Å². The number of benzene rings is 1. The molecule has 0 heterocycles. The van der Waals surface area contributed by atoms with Crippen molar-refractivity contribution >= 4 is 33.4 Å².